The van der Waals surface area contributed by atoms with Crippen LogP contribution in [-0.4, -0.2) is 0 Å². The standard InChI is InChI=1S/C16H17F2N/c1-11-2-4-12(5-3-11)6-9-16(19)13-7-8-14(17)15(18)10-13/h2-5,7-8,10,16H,6,9,19H2,1H3. The fourth-order valence-corrected chi connectivity index (χ4v) is 1.99. The number of benzene rings is 2. The van der Waals surface area contributed by atoms with Crippen molar-refractivity contribution < 1.29 is 8.78 Å². The van der Waals surface area contributed by atoms with Gasteiger partial charge < -0.3 is 5.73 Å². The molecular formula is C16H17F2N. The van der Waals surface area contributed by atoms with Gasteiger partial charge in [0.15, 0.2) is 11.6 Å². The van der Waals surface area contributed by atoms with E-state index >= 15 is 0 Å². The van der Waals surface area contributed by atoms with Crippen LogP contribution in [0.15, 0.2) is 42.5 Å². The molecule has 0 aromatic heterocycles. The van der Waals surface area contributed by atoms with Crippen LogP contribution >= 0.6 is 0 Å². The molecular weight excluding hydrogens is 244 g/mol. The molecule has 0 fully saturated rings. The van der Waals surface area contributed by atoms with E-state index in [-0.39, 0.29) is 6.04 Å². The molecule has 0 saturated heterocycles. The van der Waals surface area contributed by atoms with E-state index in [4.69, 9.17) is 5.73 Å². The van der Waals surface area contributed by atoms with Gasteiger partial charge in [0.2, 0.25) is 0 Å². The highest BCUT2D eigenvalue weighted by atomic mass is 19.2. The monoisotopic (exact) mass is 261 g/mol. The highest BCUT2D eigenvalue weighted by molar-refractivity contribution is 5.23. The zero-order valence-corrected chi connectivity index (χ0v) is 10.9. The highest BCUT2D eigenvalue weighted by Crippen LogP contribution is 2.19. The van der Waals surface area contributed by atoms with Crippen LogP contribution in [0.2, 0.25) is 0 Å². The lowest BCUT2D eigenvalue weighted by Crippen LogP contribution is -2.12. The SMILES string of the molecule is Cc1ccc(CCC(N)c2ccc(F)c(F)c2)cc1. The van der Waals surface area contributed by atoms with Crippen molar-refractivity contribution in [1.29, 1.82) is 0 Å². The van der Waals surface area contributed by atoms with Crippen molar-refractivity contribution in [3.8, 4) is 0 Å². The molecule has 100 valence electrons. The van der Waals surface area contributed by atoms with Gasteiger partial charge in [-0.2, -0.15) is 0 Å². The van der Waals surface area contributed by atoms with Gasteiger partial charge in [-0.1, -0.05) is 35.9 Å². The van der Waals surface area contributed by atoms with Crippen LogP contribution < -0.4 is 5.73 Å². The van der Waals surface area contributed by atoms with E-state index < -0.39 is 11.6 Å². The maximum atomic E-state index is 13.1. The van der Waals surface area contributed by atoms with E-state index in [1.165, 1.54) is 23.3 Å². The van der Waals surface area contributed by atoms with E-state index in [0.717, 1.165) is 12.5 Å². The quantitative estimate of drug-likeness (QED) is 0.887. The first kappa shape index (κ1) is 13.7. The normalized spacial score (nSPS) is 12.4. The fraction of sp³-hybridized carbons (Fsp3) is 0.250. The average molecular weight is 261 g/mol. The lowest BCUT2D eigenvalue weighted by Gasteiger charge is -2.12. The summed E-state index contributed by atoms with van der Waals surface area (Å²) < 4.78 is 26.0. The van der Waals surface area contributed by atoms with E-state index in [0.29, 0.717) is 12.0 Å². The van der Waals surface area contributed by atoms with Crippen molar-refractivity contribution in [3.63, 3.8) is 0 Å². The Kier molecular flexibility index (Phi) is 4.27. The molecule has 0 amide bonds. The molecule has 0 aliphatic heterocycles. The van der Waals surface area contributed by atoms with Crippen molar-refractivity contribution in [2.24, 2.45) is 5.73 Å². The number of aryl methyl sites for hydroxylation is 2. The number of rotatable bonds is 4. The van der Waals surface area contributed by atoms with E-state index in [1.54, 1.807) is 0 Å². The molecule has 2 aromatic rings. The Balaban J connectivity index is 1.98. The summed E-state index contributed by atoms with van der Waals surface area (Å²) in [7, 11) is 0. The first-order valence-electron chi connectivity index (χ1n) is 6.32. The summed E-state index contributed by atoms with van der Waals surface area (Å²) in [6.45, 7) is 2.04. The van der Waals surface area contributed by atoms with Gasteiger partial charge in [0.1, 0.15) is 0 Å². The third kappa shape index (κ3) is 3.61. The summed E-state index contributed by atoms with van der Waals surface area (Å²) in [5.74, 6) is -1.68. The molecule has 1 nitrogen and oxygen atoms in total. The third-order valence-electron chi connectivity index (χ3n) is 3.24. The Morgan fingerprint density at radius 1 is 1.00 bits per heavy atom. The molecule has 0 bridgehead atoms. The first-order valence-corrected chi connectivity index (χ1v) is 6.32. The van der Waals surface area contributed by atoms with Gasteiger partial charge in [-0.15, -0.1) is 0 Å². The number of hydrogen-bond donors (Lipinski definition) is 1. The van der Waals surface area contributed by atoms with Crippen molar-refractivity contribution >= 4 is 0 Å². The number of hydrogen-bond acceptors (Lipinski definition) is 1. The third-order valence-corrected chi connectivity index (χ3v) is 3.24. The molecule has 0 aliphatic rings. The van der Waals surface area contributed by atoms with Gasteiger partial charge in [-0.3, -0.25) is 0 Å². The van der Waals surface area contributed by atoms with Crippen molar-refractivity contribution in [1.82, 2.24) is 0 Å². The zero-order valence-electron chi connectivity index (χ0n) is 10.9. The van der Waals surface area contributed by atoms with Gasteiger partial charge in [0.25, 0.3) is 0 Å². The Bertz CT molecular complexity index is 549. The van der Waals surface area contributed by atoms with Crippen LogP contribution in [0.1, 0.15) is 29.2 Å². The van der Waals surface area contributed by atoms with Gasteiger partial charge in [0.05, 0.1) is 0 Å². The zero-order chi connectivity index (χ0) is 13.8. The Morgan fingerprint density at radius 2 is 1.68 bits per heavy atom. The molecule has 0 aliphatic carbocycles. The molecule has 0 saturated carbocycles. The second kappa shape index (κ2) is 5.93. The van der Waals surface area contributed by atoms with Crippen LogP contribution in [0.25, 0.3) is 0 Å². The van der Waals surface area contributed by atoms with E-state index in [2.05, 4.69) is 24.3 Å². The summed E-state index contributed by atoms with van der Waals surface area (Å²) in [4.78, 5) is 0. The minimum absolute atomic E-state index is 0.281. The van der Waals surface area contributed by atoms with Crippen LogP contribution in [0.5, 0.6) is 0 Å². The summed E-state index contributed by atoms with van der Waals surface area (Å²) >= 11 is 0. The minimum Gasteiger partial charge on any atom is -0.324 e. The fourth-order valence-electron chi connectivity index (χ4n) is 1.99. The second-order valence-corrected chi connectivity index (χ2v) is 4.80. The largest absolute Gasteiger partial charge is 0.324 e. The molecule has 3 heteroatoms. The number of halogens is 2. The predicted molar refractivity (Wildman–Crippen MR) is 72.8 cm³/mol. The summed E-state index contributed by atoms with van der Waals surface area (Å²) in [5.41, 5.74) is 9.05. The summed E-state index contributed by atoms with van der Waals surface area (Å²) in [6.07, 6.45) is 1.52. The summed E-state index contributed by atoms with van der Waals surface area (Å²) in [6, 6.07) is 11.8. The molecule has 0 radical (unpaired) electrons. The maximum absolute atomic E-state index is 13.1. The topological polar surface area (TPSA) is 26.0 Å². The molecule has 0 spiro atoms. The van der Waals surface area contributed by atoms with Crippen LogP contribution in [-0.2, 0) is 6.42 Å². The molecule has 0 heterocycles. The lowest BCUT2D eigenvalue weighted by molar-refractivity contribution is 0.504. The molecule has 2 rings (SSSR count). The average Bonchev–Trinajstić information content (AvgIpc) is 2.41. The second-order valence-electron chi connectivity index (χ2n) is 4.80. The molecule has 1 atom stereocenters. The maximum Gasteiger partial charge on any atom is 0.159 e. The predicted octanol–water partition coefficient (Wildman–Crippen LogP) is 3.91. The molecule has 2 aromatic carbocycles. The van der Waals surface area contributed by atoms with Gasteiger partial charge in [-0.25, -0.2) is 8.78 Å². The van der Waals surface area contributed by atoms with Crippen molar-refractivity contribution in [2.45, 2.75) is 25.8 Å². The van der Waals surface area contributed by atoms with Crippen LogP contribution in [0, 0.1) is 18.6 Å². The lowest BCUT2D eigenvalue weighted by atomic mass is 9.99. The minimum atomic E-state index is -0.844. The van der Waals surface area contributed by atoms with Crippen molar-refractivity contribution in [2.75, 3.05) is 0 Å². The van der Waals surface area contributed by atoms with Crippen LogP contribution in [0.3, 0.4) is 0 Å². The molecule has 1 unspecified atom stereocenters. The first-order chi connectivity index (χ1) is 9.06. The Morgan fingerprint density at radius 3 is 2.32 bits per heavy atom. The smallest absolute Gasteiger partial charge is 0.159 e. The molecule has 2 N–H and O–H groups in total. The highest BCUT2D eigenvalue weighted by Gasteiger charge is 2.09. The van der Waals surface area contributed by atoms with E-state index in [9.17, 15) is 8.78 Å². The Hall–Kier alpha value is -1.74. The van der Waals surface area contributed by atoms with Gasteiger partial charge in [0, 0.05) is 6.04 Å². The Labute approximate surface area is 112 Å². The number of nitrogens with two attached hydrogens (primary N) is 1. The van der Waals surface area contributed by atoms with Gasteiger partial charge >= 0.3 is 0 Å². The molecule has 19 heavy (non-hydrogen) atoms. The van der Waals surface area contributed by atoms with Gasteiger partial charge in [-0.05, 0) is 43.0 Å². The van der Waals surface area contributed by atoms with E-state index in [1.807, 2.05) is 6.92 Å². The summed E-state index contributed by atoms with van der Waals surface area (Å²) in [5, 5.41) is 0. The van der Waals surface area contributed by atoms with Crippen LogP contribution in [0.4, 0.5) is 8.78 Å². The van der Waals surface area contributed by atoms with Crippen molar-refractivity contribution in [3.05, 3.63) is 70.8 Å².